The molecule has 1 aliphatic heterocycles. The molecule has 1 heterocycles. The van der Waals surface area contributed by atoms with Crippen molar-refractivity contribution < 1.29 is 14.3 Å². The summed E-state index contributed by atoms with van der Waals surface area (Å²) in [6.07, 6.45) is 11.9. The first kappa shape index (κ1) is 23.3. The molecule has 4 aliphatic rings. The number of fused-ring (bicyclic) bond motifs is 5. The van der Waals surface area contributed by atoms with Crippen LogP contribution in [0.3, 0.4) is 0 Å². The molecule has 5 rings (SSSR count). The minimum Gasteiger partial charge on any atom is -0.444 e. The maximum Gasteiger partial charge on any atom is 0.410 e. The van der Waals surface area contributed by atoms with Crippen LogP contribution in [0.4, 0.5) is 10.5 Å². The molecule has 5 nitrogen and oxygen atoms in total. The van der Waals surface area contributed by atoms with E-state index in [0.717, 1.165) is 56.4 Å². The normalized spacial score (nSPS) is 30.8. The number of ketones is 1. The van der Waals surface area contributed by atoms with Gasteiger partial charge >= 0.3 is 6.09 Å². The van der Waals surface area contributed by atoms with E-state index in [1.54, 1.807) is 4.90 Å². The van der Waals surface area contributed by atoms with Crippen molar-refractivity contribution in [1.82, 2.24) is 4.90 Å². The van der Waals surface area contributed by atoms with E-state index in [-0.39, 0.29) is 11.5 Å². The zero-order valence-corrected chi connectivity index (χ0v) is 21.2. The number of amides is 1. The molecule has 0 N–H and O–H groups in total. The average molecular weight is 463 g/mol. The van der Waals surface area contributed by atoms with Crippen LogP contribution in [0, 0.1) is 29.6 Å². The van der Waals surface area contributed by atoms with Gasteiger partial charge in [-0.25, -0.2) is 4.79 Å². The standard InChI is InChI=1S/C29H38N2O3/c1-6-19-17-20-7-8-22-21(11-12-29(5)24(22)9-10-26(29)32)23(20)18-25(19)30-13-15-31(16-14-30)27(33)34-28(2,3)4/h1,17-18,21-22,24H,7-16H2,2-5H3/t21-,22+,24-,29-/m0/s1. The summed E-state index contributed by atoms with van der Waals surface area (Å²) in [5, 5.41) is 0. The Morgan fingerprint density at radius 1 is 1.12 bits per heavy atom. The third kappa shape index (κ3) is 3.89. The average Bonchev–Trinajstić information content (AvgIpc) is 3.11. The van der Waals surface area contributed by atoms with Crippen LogP contribution in [0.1, 0.15) is 82.4 Å². The van der Waals surface area contributed by atoms with Gasteiger partial charge in [0.15, 0.2) is 0 Å². The molecule has 1 aromatic carbocycles. The summed E-state index contributed by atoms with van der Waals surface area (Å²) in [4.78, 5) is 29.3. The molecule has 3 aliphatic carbocycles. The van der Waals surface area contributed by atoms with E-state index in [2.05, 4.69) is 29.9 Å². The van der Waals surface area contributed by atoms with Gasteiger partial charge in [-0.05, 0) is 93.9 Å². The van der Waals surface area contributed by atoms with Gasteiger partial charge < -0.3 is 14.5 Å². The number of rotatable bonds is 1. The third-order valence-corrected chi connectivity index (χ3v) is 8.98. The Labute approximate surface area is 204 Å². The quantitative estimate of drug-likeness (QED) is 0.542. The van der Waals surface area contributed by atoms with Gasteiger partial charge in [0.05, 0.1) is 5.69 Å². The summed E-state index contributed by atoms with van der Waals surface area (Å²) in [5.74, 6) is 5.09. The summed E-state index contributed by atoms with van der Waals surface area (Å²) < 4.78 is 5.56. The van der Waals surface area contributed by atoms with E-state index in [9.17, 15) is 9.59 Å². The Morgan fingerprint density at radius 3 is 2.53 bits per heavy atom. The fraction of sp³-hybridized carbons (Fsp3) is 0.655. The summed E-state index contributed by atoms with van der Waals surface area (Å²) >= 11 is 0. The van der Waals surface area contributed by atoms with Crippen molar-refractivity contribution in [3.63, 3.8) is 0 Å². The van der Waals surface area contributed by atoms with Crippen molar-refractivity contribution in [3.05, 3.63) is 28.8 Å². The second kappa shape index (κ2) is 8.33. The Bertz CT molecular complexity index is 1040. The lowest BCUT2D eigenvalue weighted by Gasteiger charge is -2.48. The van der Waals surface area contributed by atoms with Gasteiger partial charge in [0.2, 0.25) is 0 Å². The molecule has 1 amide bonds. The number of aryl methyl sites for hydroxylation is 1. The van der Waals surface area contributed by atoms with Gasteiger partial charge in [0, 0.05) is 43.6 Å². The predicted octanol–water partition coefficient (Wildman–Crippen LogP) is 5.15. The highest BCUT2D eigenvalue weighted by molar-refractivity contribution is 5.87. The number of Topliss-reactive ketones (excluding diaryl/α,β-unsaturated/α-hetero) is 1. The summed E-state index contributed by atoms with van der Waals surface area (Å²) in [6, 6.07) is 4.61. The Hall–Kier alpha value is -2.48. The maximum atomic E-state index is 12.7. The number of anilines is 1. The second-order valence-corrected chi connectivity index (χ2v) is 12.0. The van der Waals surface area contributed by atoms with E-state index >= 15 is 0 Å². The van der Waals surface area contributed by atoms with Crippen LogP contribution in [0.2, 0.25) is 0 Å². The van der Waals surface area contributed by atoms with E-state index in [1.165, 1.54) is 17.5 Å². The Balaban J connectivity index is 1.37. The van der Waals surface area contributed by atoms with Crippen molar-refractivity contribution in [2.24, 2.45) is 17.3 Å². The minimum absolute atomic E-state index is 0.0990. The van der Waals surface area contributed by atoms with E-state index in [4.69, 9.17) is 11.2 Å². The number of benzene rings is 1. The molecular weight excluding hydrogens is 424 g/mol. The minimum atomic E-state index is -0.486. The van der Waals surface area contributed by atoms with Crippen molar-refractivity contribution in [2.75, 3.05) is 31.1 Å². The van der Waals surface area contributed by atoms with Crippen LogP contribution in [-0.2, 0) is 16.0 Å². The van der Waals surface area contributed by atoms with Crippen molar-refractivity contribution >= 4 is 17.6 Å². The predicted molar refractivity (Wildman–Crippen MR) is 134 cm³/mol. The number of nitrogens with zero attached hydrogens (tertiary/aromatic N) is 2. The highest BCUT2D eigenvalue weighted by Gasteiger charge is 2.54. The Morgan fingerprint density at radius 2 is 1.85 bits per heavy atom. The topological polar surface area (TPSA) is 49.9 Å². The van der Waals surface area contributed by atoms with Crippen molar-refractivity contribution in [3.8, 4) is 12.3 Å². The van der Waals surface area contributed by atoms with Crippen molar-refractivity contribution in [1.29, 1.82) is 0 Å². The summed E-state index contributed by atoms with van der Waals surface area (Å²) in [6.45, 7) is 10.7. The first-order valence-corrected chi connectivity index (χ1v) is 13.0. The van der Waals surface area contributed by atoms with E-state index < -0.39 is 5.60 Å². The molecule has 2 saturated carbocycles. The van der Waals surface area contributed by atoms with Gasteiger partial charge in [-0.2, -0.15) is 0 Å². The molecule has 3 fully saturated rings. The number of piperazine rings is 1. The first-order chi connectivity index (χ1) is 16.1. The molecule has 0 aromatic heterocycles. The molecule has 0 radical (unpaired) electrons. The van der Waals surface area contributed by atoms with Crippen molar-refractivity contribution in [2.45, 2.75) is 77.7 Å². The molecule has 4 atom stereocenters. The van der Waals surface area contributed by atoms with E-state index in [0.29, 0.717) is 36.6 Å². The SMILES string of the molecule is C#Cc1cc2c(cc1N1CCN(C(=O)OC(C)(C)C)CC1)[C@H]1CC[C@]3(C)C(=O)CC[C@H]3[C@@H]1CC2. The van der Waals surface area contributed by atoms with Crippen LogP contribution >= 0.6 is 0 Å². The third-order valence-electron chi connectivity index (χ3n) is 8.98. The van der Waals surface area contributed by atoms with Gasteiger partial charge in [0.25, 0.3) is 0 Å². The first-order valence-electron chi connectivity index (χ1n) is 13.0. The number of carbonyl (C=O) groups is 2. The zero-order chi connectivity index (χ0) is 24.3. The largest absolute Gasteiger partial charge is 0.444 e. The number of hydrogen-bond donors (Lipinski definition) is 0. The zero-order valence-electron chi connectivity index (χ0n) is 21.2. The molecule has 0 unspecified atom stereocenters. The van der Waals surface area contributed by atoms with E-state index in [1.807, 2.05) is 20.8 Å². The molecular formula is C29H38N2O3. The van der Waals surface area contributed by atoms with Gasteiger partial charge in [0.1, 0.15) is 11.4 Å². The lowest BCUT2D eigenvalue weighted by atomic mass is 9.55. The fourth-order valence-corrected chi connectivity index (χ4v) is 7.21. The summed E-state index contributed by atoms with van der Waals surface area (Å²) in [5.41, 5.74) is 4.36. The monoisotopic (exact) mass is 462 g/mol. The molecule has 1 saturated heterocycles. The smallest absolute Gasteiger partial charge is 0.410 e. The molecule has 5 heteroatoms. The number of hydrogen-bond acceptors (Lipinski definition) is 4. The number of ether oxygens (including phenoxy) is 1. The lowest BCUT2D eigenvalue weighted by molar-refractivity contribution is -0.129. The highest BCUT2D eigenvalue weighted by atomic mass is 16.6. The van der Waals surface area contributed by atoms with Gasteiger partial charge in [-0.15, -0.1) is 6.42 Å². The highest BCUT2D eigenvalue weighted by Crippen LogP contribution is 2.59. The van der Waals surface area contributed by atoms with Gasteiger partial charge in [-0.3, -0.25) is 4.79 Å². The number of terminal acetylenes is 1. The lowest BCUT2D eigenvalue weighted by Crippen LogP contribution is -2.50. The molecule has 1 aromatic rings. The fourth-order valence-electron chi connectivity index (χ4n) is 7.21. The van der Waals surface area contributed by atoms with Gasteiger partial charge in [-0.1, -0.05) is 12.8 Å². The van der Waals surface area contributed by atoms with Crippen LogP contribution < -0.4 is 4.90 Å². The van der Waals surface area contributed by atoms with Crippen LogP contribution in [-0.4, -0.2) is 48.6 Å². The van der Waals surface area contributed by atoms with Crippen LogP contribution in [0.25, 0.3) is 0 Å². The molecule has 0 bridgehead atoms. The Kier molecular flexibility index (Phi) is 5.70. The molecule has 182 valence electrons. The second-order valence-electron chi connectivity index (χ2n) is 12.0. The summed E-state index contributed by atoms with van der Waals surface area (Å²) in [7, 11) is 0. The van der Waals surface area contributed by atoms with Crippen LogP contribution in [0.5, 0.6) is 0 Å². The van der Waals surface area contributed by atoms with Crippen LogP contribution in [0.15, 0.2) is 12.1 Å². The maximum absolute atomic E-state index is 12.7. The molecule has 34 heavy (non-hydrogen) atoms. The number of carbonyl (C=O) groups excluding carboxylic acids is 2. The molecule has 0 spiro atoms.